The Hall–Kier alpha value is -1.06. The smallest absolute Gasteiger partial charge is 0.224 e. The zero-order valence-electron chi connectivity index (χ0n) is 8.32. The average Bonchev–Trinajstić information content (AvgIpc) is 2.49. The summed E-state index contributed by atoms with van der Waals surface area (Å²) in [6, 6.07) is 7.51. The van der Waals surface area contributed by atoms with Gasteiger partial charge in [0.2, 0.25) is 5.91 Å². The number of benzene rings is 1. The second-order valence-corrected chi connectivity index (χ2v) is 4.30. The van der Waals surface area contributed by atoms with Crippen LogP contribution < -0.4 is 5.73 Å². The van der Waals surface area contributed by atoms with Crippen molar-refractivity contribution in [2.24, 2.45) is 5.73 Å². The molecule has 1 aromatic carbocycles. The quantitative estimate of drug-likeness (QED) is 0.826. The fourth-order valence-electron chi connectivity index (χ4n) is 1.77. The Morgan fingerprint density at radius 3 is 2.60 bits per heavy atom. The first-order chi connectivity index (χ1) is 7.15. The molecule has 1 atom stereocenters. The topological polar surface area (TPSA) is 46.3 Å². The van der Waals surface area contributed by atoms with E-state index in [0.717, 1.165) is 5.56 Å². The van der Waals surface area contributed by atoms with Gasteiger partial charge in [-0.25, -0.2) is 0 Å². The number of nitrogens with two attached hydrogens (primary N) is 1. The highest BCUT2D eigenvalue weighted by molar-refractivity contribution is 6.30. The van der Waals surface area contributed by atoms with Crippen LogP contribution in [0.2, 0.25) is 5.02 Å². The van der Waals surface area contributed by atoms with Crippen LogP contribution in [-0.2, 0) is 11.3 Å². The van der Waals surface area contributed by atoms with E-state index in [0.29, 0.717) is 24.5 Å². The van der Waals surface area contributed by atoms with Crippen LogP contribution >= 0.6 is 11.6 Å². The van der Waals surface area contributed by atoms with Crippen molar-refractivity contribution in [3.63, 3.8) is 0 Å². The predicted octanol–water partition coefficient (Wildman–Crippen LogP) is 1.40. The zero-order chi connectivity index (χ0) is 10.8. The van der Waals surface area contributed by atoms with Crippen LogP contribution in [0.5, 0.6) is 0 Å². The van der Waals surface area contributed by atoms with E-state index in [-0.39, 0.29) is 11.9 Å². The van der Waals surface area contributed by atoms with Gasteiger partial charge in [0.15, 0.2) is 0 Å². The number of hydrogen-bond donors (Lipinski definition) is 1. The van der Waals surface area contributed by atoms with Gasteiger partial charge in [0.05, 0.1) is 0 Å². The van der Waals surface area contributed by atoms with Crippen LogP contribution in [0.15, 0.2) is 24.3 Å². The molecule has 1 aliphatic rings. The molecule has 0 aromatic heterocycles. The normalized spacial score (nSPS) is 21.1. The fraction of sp³-hybridized carbons (Fsp3) is 0.364. The van der Waals surface area contributed by atoms with Crippen molar-refractivity contribution >= 4 is 17.5 Å². The van der Waals surface area contributed by atoms with Crippen LogP contribution in [-0.4, -0.2) is 23.4 Å². The fourth-order valence-corrected chi connectivity index (χ4v) is 1.89. The molecular formula is C11H13ClN2O. The average molecular weight is 225 g/mol. The second kappa shape index (κ2) is 4.21. The van der Waals surface area contributed by atoms with Crippen LogP contribution in [0.25, 0.3) is 0 Å². The Labute approximate surface area is 93.8 Å². The highest BCUT2D eigenvalue weighted by Crippen LogP contribution is 2.15. The third-order valence-corrected chi connectivity index (χ3v) is 2.78. The van der Waals surface area contributed by atoms with Gasteiger partial charge in [-0.3, -0.25) is 4.79 Å². The van der Waals surface area contributed by atoms with Crippen LogP contribution in [0.4, 0.5) is 0 Å². The molecule has 2 rings (SSSR count). The second-order valence-electron chi connectivity index (χ2n) is 3.86. The summed E-state index contributed by atoms with van der Waals surface area (Å²) in [5, 5.41) is 0.711. The summed E-state index contributed by atoms with van der Waals surface area (Å²) in [7, 11) is 0. The van der Waals surface area contributed by atoms with Gasteiger partial charge in [-0.15, -0.1) is 0 Å². The van der Waals surface area contributed by atoms with E-state index in [1.807, 2.05) is 24.3 Å². The summed E-state index contributed by atoms with van der Waals surface area (Å²) in [5.74, 6) is 0.137. The lowest BCUT2D eigenvalue weighted by atomic mass is 10.2. The molecule has 1 saturated heterocycles. The van der Waals surface area contributed by atoms with Gasteiger partial charge in [-0.1, -0.05) is 23.7 Å². The van der Waals surface area contributed by atoms with Gasteiger partial charge < -0.3 is 10.6 Å². The molecule has 80 valence electrons. The molecule has 2 N–H and O–H groups in total. The van der Waals surface area contributed by atoms with E-state index in [1.165, 1.54) is 0 Å². The number of amides is 1. The number of halogens is 1. The largest absolute Gasteiger partial charge is 0.337 e. The standard InChI is InChI=1S/C11H13ClN2O/c12-9-3-1-8(2-4-9)6-14-7-10(13)5-11(14)15/h1-4,10H,5-7,13H2. The Bertz CT molecular complexity index is 363. The van der Waals surface area contributed by atoms with Gasteiger partial charge in [0, 0.05) is 30.6 Å². The molecule has 1 aromatic rings. The maximum absolute atomic E-state index is 11.5. The van der Waals surface area contributed by atoms with Gasteiger partial charge in [-0.05, 0) is 17.7 Å². The van der Waals surface area contributed by atoms with Crippen molar-refractivity contribution in [3.05, 3.63) is 34.9 Å². The van der Waals surface area contributed by atoms with Gasteiger partial charge in [-0.2, -0.15) is 0 Å². The first-order valence-electron chi connectivity index (χ1n) is 4.93. The first kappa shape index (κ1) is 10.5. The Kier molecular flexibility index (Phi) is 2.93. The van der Waals surface area contributed by atoms with Crippen molar-refractivity contribution in [1.29, 1.82) is 0 Å². The lowest BCUT2D eigenvalue weighted by molar-refractivity contribution is -0.128. The minimum Gasteiger partial charge on any atom is -0.337 e. The van der Waals surface area contributed by atoms with Crippen LogP contribution in [0.1, 0.15) is 12.0 Å². The molecule has 0 bridgehead atoms. The number of carbonyl (C=O) groups excluding carboxylic acids is 1. The molecule has 3 nitrogen and oxygen atoms in total. The van der Waals surface area contributed by atoms with Crippen LogP contribution in [0.3, 0.4) is 0 Å². The third kappa shape index (κ3) is 2.49. The van der Waals surface area contributed by atoms with E-state index < -0.39 is 0 Å². The molecule has 0 radical (unpaired) electrons. The van der Waals surface area contributed by atoms with E-state index in [2.05, 4.69) is 0 Å². The number of carbonyl (C=O) groups is 1. The first-order valence-corrected chi connectivity index (χ1v) is 5.31. The summed E-state index contributed by atoms with van der Waals surface area (Å²) in [6.45, 7) is 1.28. The molecule has 4 heteroatoms. The molecule has 0 saturated carbocycles. The predicted molar refractivity (Wildman–Crippen MR) is 59.5 cm³/mol. The van der Waals surface area contributed by atoms with Gasteiger partial charge in [0.1, 0.15) is 0 Å². The van der Waals surface area contributed by atoms with Crippen LogP contribution in [0, 0.1) is 0 Å². The van der Waals surface area contributed by atoms with Crippen molar-refractivity contribution in [2.75, 3.05) is 6.54 Å². The lowest BCUT2D eigenvalue weighted by Gasteiger charge is -2.15. The number of hydrogen-bond acceptors (Lipinski definition) is 2. The van der Waals surface area contributed by atoms with Gasteiger partial charge in [0.25, 0.3) is 0 Å². The Morgan fingerprint density at radius 1 is 1.40 bits per heavy atom. The van der Waals surface area contributed by atoms with E-state index in [9.17, 15) is 4.79 Å². The summed E-state index contributed by atoms with van der Waals surface area (Å²) >= 11 is 5.78. The molecule has 1 fully saturated rings. The highest BCUT2D eigenvalue weighted by atomic mass is 35.5. The van der Waals surface area contributed by atoms with Crippen molar-refractivity contribution in [3.8, 4) is 0 Å². The third-order valence-electron chi connectivity index (χ3n) is 2.53. The zero-order valence-corrected chi connectivity index (χ0v) is 9.07. The van der Waals surface area contributed by atoms with Crippen molar-refractivity contribution in [2.45, 2.75) is 19.0 Å². The lowest BCUT2D eigenvalue weighted by Crippen LogP contribution is -2.27. The SMILES string of the molecule is NC1CC(=O)N(Cc2ccc(Cl)cc2)C1. The molecule has 0 aliphatic carbocycles. The van der Waals surface area contributed by atoms with Crippen molar-refractivity contribution < 1.29 is 4.79 Å². The maximum atomic E-state index is 11.5. The molecule has 0 spiro atoms. The highest BCUT2D eigenvalue weighted by Gasteiger charge is 2.26. The van der Waals surface area contributed by atoms with E-state index >= 15 is 0 Å². The monoisotopic (exact) mass is 224 g/mol. The summed E-state index contributed by atoms with van der Waals surface area (Å²) in [5.41, 5.74) is 6.79. The molecule has 1 amide bonds. The summed E-state index contributed by atoms with van der Waals surface area (Å²) in [4.78, 5) is 13.3. The number of rotatable bonds is 2. The number of nitrogens with zero attached hydrogens (tertiary/aromatic N) is 1. The van der Waals surface area contributed by atoms with E-state index in [1.54, 1.807) is 4.90 Å². The van der Waals surface area contributed by atoms with E-state index in [4.69, 9.17) is 17.3 Å². The molecule has 1 aliphatic heterocycles. The minimum absolute atomic E-state index is 0.00944. The van der Waals surface area contributed by atoms with Crippen molar-refractivity contribution in [1.82, 2.24) is 4.90 Å². The summed E-state index contributed by atoms with van der Waals surface area (Å²) < 4.78 is 0. The molecule has 1 heterocycles. The number of likely N-dealkylation sites (tertiary alicyclic amines) is 1. The maximum Gasteiger partial charge on any atom is 0.224 e. The molecule has 1 unspecified atom stereocenters. The summed E-state index contributed by atoms with van der Waals surface area (Å²) in [6.07, 6.45) is 0.466. The molecule has 15 heavy (non-hydrogen) atoms. The van der Waals surface area contributed by atoms with Gasteiger partial charge >= 0.3 is 0 Å². The molecular weight excluding hydrogens is 212 g/mol. The Balaban J connectivity index is 2.03. The minimum atomic E-state index is -0.00944. The Morgan fingerprint density at radius 2 is 2.07 bits per heavy atom.